The molecule has 0 saturated carbocycles. The Morgan fingerprint density at radius 3 is 2.93 bits per heavy atom. The van der Waals surface area contributed by atoms with Gasteiger partial charge in [0.1, 0.15) is 18.0 Å². The first kappa shape index (κ1) is 18.6. The van der Waals surface area contributed by atoms with E-state index in [1.54, 1.807) is 6.20 Å². The summed E-state index contributed by atoms with van der Waals surface area (Å²) in [7, 11) is 0. The molecule has 6 nitrogen and oxygen atoms in total. The van der Waals surface area contributed by atoms with Gasteiger partial charge in [0.25, 0.3) is 0 Å². The normalized spacial score (nSPS) is 21.2. The standard InChI is InChI=1S/C24H23N5O/c1-16-14-29(21-9-8-18(13-25)23-19(21)6-4-11-26-23)15-22(30-16)24-27-12-10-17-5-2-3-7-20(17)28-24/h2-9,11,16,22H,10,12,14-15H2,1H3,(H,27,28)/t16-,22?/m1/s1. The molecule has 6 heteroatoms. The molecule has 2 aliphatic heterocycles. The number of nitrogens with zero attached hydrogens (tertiary/aromatic N) is 4. The summed E-state index contributed by atoms with van der Waals surface area (Å²) in [5.74, 6) is 0.882. The lowest BCUT2D eigenvalue weighted by Gasteiger charge is -2.39. The first-order valence-corrected chi connectivity index (χ1v) is 10.3. The average Bonchev–Trinajstić information content (AvgIpc) is 3.00. The van der Waals surface area contributed by atoms with Gasteiger partial charge in [-0.15, -0.1) is 0 Å². The van der Waals surface area contributed by atoms with Crippen molar-refractivity contribution < 1.29 is 4.74 Å². The van der Waals surface area contributed by atoms with E-state index in [1.165, 1.54) is 5.56 Å². The van der Waals surface area contributed by atoms with Crippen LogP contribution in [0.2, 0.25) is 0 Å². The highest BCUT2D eigenvalue weighted by molar-refractivity contribution is 6.01. The summed E-state index contributed by atoms with van der Waals surface area (Å²) in [6.07, 6.45) is 2.56. The molecule has 2 aromatic carbocycles. The first-order chi connectivity index (χ1) is 14.7. The average molecular weight is 397 g/mol. The zero-order chi connectivity index (χ0) is 20.5. The minimum atomic E-state index is -0.151. The molecule has 1 unspecified atom stereocenters. The van der Waals surface area contributed by atoms with Crippen LogP contribution in [-0.4, -0.2) is 42.7 Å². The minimum absolute atomic E-state index is 0.0501. The van der Waals surface area contributed by atoms with Gasteiger partial charge in [-0.3, -0.25) is 9.98 Å². The van der Waals surface area contributed by atoms with Gasteiger partial charge in [-0.25, -0.2) is 0 Å². The summed E-state index contributed by atoms with van der Waals surface area (Å²) < 4.78 is 6.30. The van der Waals surface area contributed by atoms with Crippen molar-refractivity contribution in [3.63, 3.8) is 0 Å². The molecule has 0 aliphatic carbocycles. The monoisotopic (exact) mass is 397 g/mol. The Morgan fingerprint density at radius 2 is 2.03 bits per heavy atom. The molecule has 2 atom stereocenters. The van der Waals surface area contributed by atoms with Gasteiger partial charge in [-0.1, -0.05) is 18.2 Å². The minimum Gasteiger partial charge on any atom is -0.365 e. The van der Waals surface area contributed by atoms with Crippen LogP contribution in [0.3, 0.4) is 0 Å². The largest absolute Gasteiger partial charge is 0.365 e. The van der Waals surface area contributed by atoms with E-state index in [0.717, 1.165) is 47.6 Å². The Labute approximate surface area is 175 Å². The van der Waals surface area contributed by atoms with Crippen molar-refractivity contribution in [2.75, 3.05) is 29.9 Å². The van der Waals surface area contributed by atoms with Crippen molar-refractivity contribution in [3.8, 4) is 6.07 Å². The molecule has 1 fully saturated rings. The maximum Gasteiger partial charge on any atom is 0.132 e. The first-order valence-electron chi connectivity index (χ1n) is 10.3. The third-order valence-corrected chi connectivity index (χ3v) is 5.72. The number of benzene rings is 2. The number of morpholine rings is 1. The summed E-state index contributed by atoms with van der Waals surface area (Å²) in [6.45, 7) is 4.30. The second kappa shape index (κ2) is 7.77. The lowest BCUT2D eigenvalue weighted by molar-refractivity contribution is 0.0205. The molecule has 3 heterocycles. The van der Waals surface area contributed by atoms with E-state index < -0.39 is 0 Å². The summed E-state index contributed by atoms with van der Waals surface area (Å²) in [6, 6.07) is 18.4. The molecule has 3 aromatic rings. The van der Waals surface area contributed by atoms with Crippen LogP contribution in [0, 0.1) is 11.3 Å². The molecule has 0 amide bonds. The highest BCUT2D eigenvalue weighted by Crippen LogP contribution is 2.31. The van der Waals surface area contributed by atoms with Crippen LogP contribution in [0.5, 0.6) is 0 Å². The molecule has 0 spiro atoms. The quantitative estimate of drug-likeness (QED) is 0.713. The number of amidine groups is 1. The number of nitrogens with one attached hydrogen (secondary N) is 1. The number of ether oxygens (including phenoxy) is 1. The van der Waals surface area contributed by atoms with Gasteiger partial charge >= 0.3 is 0 Å². The Bertz CT molecular complexity index is 1170. The Morgan fingerprint density at radius 1 is 1.13 bits per heavy atom. The van der Waals surface area contributed by atoms with Crippen molar-refractivity contribution >= 4 is 28.1 Å². The number of fused-ring (bicyclic) bond motifs is 2. The van der Waals surface area contributed by atoms with Crippen LogP contribution < -0.4 is 10.2 Å². The Hall–Kier alpha value is -3.43. The Balaban J connectivity index is 1.47. The van der Waals surface area contributed by atoms with E-state index in [4.69, 9.17) is 9.73 Å². The fraction of sp³-hybridized carbons (Fsp3) is 0.292. The predicted octanol–water partition coefficient (Wildman–Crippen LogP) is 3.77. The molecule has 1 N–H and O–H groups in total. The van der Waals surface area contributed by atoms with Crippen LogP contribution in [0.4, 0.5) is 11.4 Å². The zero-order valence-corrected chi connectivity index (χ0v) is 16.9. The maximum absolute atomic E-state index is 9.45. The highest BCUT2D eigenvalue weighted by Gasteiger charge is 2.31. The molecule has 0 bridgehead atoms. The fourth-order valence-electron chi connectivity index (χ4n) is 4.34. The van der Waals surface area contributed by atoms with E-state index in [0.29, 0.717) is 12.1 Å². The van der Waals surface area contributed by atoms with E-state index >= 15 is 0 Å². The summed E-state index contributed by atoms with van der Waals surface area (Å²) in [5, 5.41) is 14.0. The third-order valence-electron chi connectivity index (χ3n) is 5.72. The number of hydrogen-bond donors (Lipinski definition) is 1. The van der Waals surface area contributed by atoms with Gasteiger partial charge in [0.15, 0.2) is 0 Å². The third kappa shape index (κ3) is 3.38. The maximum atomic E-state index is 9.45. The van der Waals surface area contributed by atoms with Crippen molar-refractivity contribution in [3.05, 3.63) is 65.9 Å². The van der Waals surface area contributed by atoms with E-state index in [1.807, 2.05) is 30.3 Å². The number of pyridine rings is 1. The van der Waals surface area contributed by atoms with Gasteiger partial charge < -0.3 is 15.0 Å². The Kier molecular flexibility index (Phi) is 4.82. The summed E-state index contributed by atoms with van der Waals surface area (Å²) >= 11 is 0. The molecular weight excluding hydrogens is 374 g/mol. The van der Waals surface area contributed by atoms with Crippen molar-refractivity contribution in [1.29, 1.82) is 5.26 Å². The molecular formula is C24H23N5O. The number of anilines is 2. The van der Waals surface area contributed by atoms with Crippen LogP contribution >= 0.6 is 0 Å². The molecule has 30 heavy (non-hydrogen) atoms. The lowest BCUT2D eigenvalue weighted by Crippen LogP contribution is -2.51. The van der Waals surface area contributed by atoms with E-state index in [9.17, 15) is 5.26 Å². The summed E-state index contributed by atoms with van der Waals surface area (Å²) in [4.78, 5) is 11.6. The van der Waals surface area contributed by atoms with Crippen LogP contribution in [0.25, 0.3) is 10.9 Å². The molecule has 0 radical (unpaired) electrons. The van der Waals surface area contributed by atoms with Gasteiger partial charge in [0.2, 0.25) is 0 Å². The lowest BCUT2D eigenvalue weighted by atomic mass is 10.1. The van der Waals surface area contributed by atoms with Gasteiger partial charge in [0.05, 0.1) is 23.7 Å². The zero-order valence-electron chi connectivity index (χ0n) is 16.9. The van der Waals surface area contributed by atoms with E-state index in [-0.39, 0.29) is 12.2 Å². The van der Waals surface area contributed by atoms with Crippen molar-refractivity contribution in [2.45, 2.75) is 25.6 Å². The van der Waals surface area contributed by atoms with Crippen LogP contribution in [0.15, 0.2) is 59.7 Å². The van der Waals surface area contributed by atoms with Crippen LogP contribution in [0.1, 0.15) is 18.1 Å². The molecule has 1 aromatic heterocycles. The predicted molar refractivity (Wildman–Crippen MR) is 119 cm³/mol. The number of aliphatic imine (C=N–C) groups is 1. The molecule has 2 aliphatic rings. The number of para-hydroxylation sites is 1. The number of aromatic nitrogens is 1. The number of nitriles is 1. The van der Waals surface area contributed by atoms with Crippen molar-refractivity contribution in [2.24, 2.45) is 4.99 Å². The fourth-order valence-corrected chi connectivity index (χ4v) is 4.34. The number of rotatable bonds is 2. The van der Waals surface area contributed by atoms with Crippen LogP contribution in [-0.2, 0) is 11.2 Å². The highest BCUT2D eigenvalue weighted by atomic mass is 16.5. The van der Waals surface area contributed by atoms with E-state index in [2.05, 4.69) is 46.4 Å². The molecule has 150 valence electrons. The molecule has 1 saturated heterocycles. The van der Waals surface area contributed by atoms with Gasteiger partial charge in [0, 0.05) is 36.0 Å². The summed E-state index contributed by atoms with van der Waals surface area (Å²) in [5.41, 5.74) is 4.80. The van der Waals surface area contributed by atoms with Crippen molar-refractivity contribution in [1.82, 2.24) is 4.98 Å². The topological polar surface area (TPSA) is 73.5 Å². The smallest absolute Gasteiger partial charge is 0.132 e. The van der Waals surface area contributed by atoms with Gasteiger partial charge in [-0.2, -0.15) is 5.26 Å². The second-order valence-corrected chi connectivity index (χ2v) is 7.78. The molecule has 5 rings (SSSR count). The number of hydrogen-bond acceptors (Lipinski definition) is 6. The SMILES string of the molecule is C[C@@H]1CN(c2ccc(C#N)c3ncccc23)CC(C2=NCCc3ccccc3N2)O1. The second-order valence-electron chi connectivity index (χ2n) is 7.78. The van der Waals surface area contributed by atoms with Gasteiger partial charge in [-0.05, 0) is 49.2 Å².